The molecule has 2 N–H and O–H groups in total. The van der Waals surface area contributed by atoms with Crippen molar-refractivity contribution < 1.29 is 0 Å². The molecule has 0 spiro atoms. The Hall–Kier alpha value is -0.860. The molecular weight excluding hydrogens is 208 g/mol. The summed E-state index contributed by atoms with van der Waals surface area (Å²) in [6.07, 6.45) is 0. The van der Waals surface area contributed by atoms with E-state index in [9.17, 15) is 0 Å². The van der Waals surface area contributed by atoms with E-state index in [4.69, 9.17) is 0 Å². The topological polar surface area (TPSA) is 24.1 Å². The third-order valence-corrected chi connectivity index (χ3v) is 3.06. The first-order valence-electron chi connectivity index (χ1n) is 6.52. The molecule has 96 valence electrons. The molecule has 2 heteroatoms. The van der Waals surface area contributed by atoms with Crippen LogP contribution >= 0.6 is 0 Å². The third-order valence-electron chi connectivity index (χ3n) is 3.06. The highest BCUT2D eigenvalue weighted by atomic mass is 15.0. The minimum Gasteiger partial charge on any atom is -0.313 e. The molecule has 1 aromatic rings. The lowest BCUT2D eigenvalue weighted by atomic mass is 10.1. The summed E-state index contributed by atoms with van der Waals surface area (Å²) >= 11 is 0. The Morgan fingerprint density at radius 1 is 1.00 bits per heavy atom. The molecule has 0 heterocycles. The van der Waals surface area contributed by atoms with Crippen molar-refractivity contribution in [1.82, 2.24) is 10.6 Å². The monoisotopic (exact) mass is 234 g/mol. The summed E-state index contributed by atoms with van der Waals surface area (Å²) in [4.78, 5) is 0. The molecule has 0 saturated carbocycles. The van der Waals surface area contributed by atoms with Gasteiger partial charge in [0.2, 0.25) is 0 Å². The molecule has 2 nitrogen and oxygen atoms in total. The Kier molecular flexibility index (Phi) is 5.66. The Morgan fingerprint density at radius 3 is 2.29 bits per heavy atom. The molecule has 0 radical (unpaired) electrons. The normalized spacial score (nSPS) is 13.1. The first kappa shape index (κ1) is 14.2. The molecule has 0 aromatic heterocycles. The summed E-state index contributed by atoms with van der Waals surface area (Å²) in [6.45, 7) is 12.9. The largest absolute Gasteiger partial charge is 0.313 e. The fourth-order valence-electron chi connectivity index (χ4n) is 1.69. The molecule has 1 rings (SSSR count). The Morgan fingerprint density at radius 2 is 1.71 bits per heavy atom. The van der Waals surface area contributed by atoms with Gasteiger partial charge < -0.3 is 10.6 Å². The van der Waals surface area contributed by atoms with Gasteiger partial charge in [-0.1, -0.05) is 32.0 Å². The van der Waals surface area contributed by atoms with Crippen LogP contribution in [0.4, 0.5) is 0 Å². The van der Waals surface area contributed by atoms with E-state index in [0.717, 1.165) is 13.1 Å². The van der Waals surface area contributed by atoms with Crippen LogP contribution in [0.5, 0.6) is 0 Å². The summed E-state index contributed by atoms with van der Waals surface area (Å²) in [7, 11) is 0. The van der Waals surface area contributed by atoms with Gasteiger partial charge in [-0.15, -0.1) is 0 Å². The second kappa shape index (κ2) is 6.77. The highest BCUT2D eigenvalue weighted by Crippen LogP contribution is 2.09. The predicted octanol–water partition coefficient (Wildman–Crippen LogP) is 2.78. The van der Waals surface area contributed by atoms with Gasteiger partial charge in [0.05, 0.1) is 0 Å². The number of rotatable bonds is 6. The van der Waals surface area contributed by atoms with Crippen LogP contribution in [0.25, 0.3) is 0 Å². The van der Waals surface area contributed by atoms with Crippen LogP contribution in [-0.4, -0.2) is 18.6 Å². The maximum atomic E-state index is 3.54. The maximum absolute atomic E-state index is 3.54. The van der Waals surface area contributed by atoms with E-state index in [1.807, 2.05) is 0 Å². The summed E-state index contributed by atoms with van der Waals surface area (Å²) in [5, 5.41) is 6.98. The lowest BCUT2D eigenvalue weighted by Crippen LogP contribution is -2.38. The van der Waals surface area contributed by atoms with Gasteiger partial charge in [0.25, 0.3) is 0 Å². The number of benzene rings is 1. The Labute approximate surface area is 106 Å². The van der Waals surface area contributed by atoms with Gasteiger partial charge in [-0.25, -0.2) is 0 Å². The van der Waals surface area contributed by atoms with Crippen LogP contribution in [0.15, 0.2) is 18.2 Å². The van der Waals surface area contributed by atoms with E-state index in [1.165, 1.54) is 16.7 Å². The smallest absolute Gasteiger partial charge is 0.0208 e. The fourth-order valence-corrected chi connectivity index (χ4v) is 1.69. The summed E-state index contributed by atoms with van der Waals surface area (Å²) in [6, 6.07) is 7.73. The van der Waals surface area contributed by atoms with Crippen LogP contribution in [0.3, 0.4) is 0 Å². The average Bonchev–Trinajstić information content (AvgIpc) is 2.28. The van der Waals surface area contributed by atoms with Crippen molar-refractivity contribution in [2.45, 2.75) is 53.2 Å². The lowest BCUT2D eigenvalue weighted by molar-refractivity contribution is 0.474. The molecule has 0 fully saturated rings. The van der Waals surface area contributed by atoms with Gasteiger partial charge in [-0.05, 0) is 37.5 Å². The molecule has 17 heavy (non-hydrogen) atoms. The van der Waals surface area contributed by atoms with E-state index in [-0.39, 0.29) is 0 Å². The van der Waals surface area contributed by atoms with Gasteiger partial charge >= 0.3 is 0 Å². The lowest BCUT2D eigenvalue weighted by Gasteiger charge is -2.17. The first-order valence-corrected chi connectivity index (χ1v) is 6.52. The molecule has 0 aliphatic heterocycles. The quantitative estimate of drug-likeness (QED) is 0.791. The van der Waals surface area contributed by atoms with Gasteiger partial charge in [0.15, 0.2) is 0 Å². The summed E-state index contributed by atoms with van der Waals surface area (Å²) in [5.41, 5.74) is 4.10. The van der Waals surface area contributed by atoms with Gasteiger partial charge in [-0.3, -0.25) is 0 Å². The van der Waals surface area contributed by atoms with Crippen molar-refractivity contribution in [2.24, 2.45) is 0 Å². The molecule has 0 saturated heterocycles. The van der Waals surface area contributed by atoms with Crippen LogP contribution in [0.1, 0.15) is 37.5 Å². The molecule has 0 bridgehead atoms. The molecule has 1 atom stereocenters. The fraction of sp³-hybridized carbons (Fsp3) is 0.600. The highest BCUT2D eigenvalue weighted by molar-refractivity contribution is 5.29. The third kappa shape index (κ3) is 5.33. The van der Waals surface area contributed by atoms with Crippen LogP contribution in [0.2, 0.25) is 0 Å². The van der Waals surface area contributed by atoms with E-state index < -0.39 is 0 Å². The molecular formula is C15H26N2. The zero-order valence-electron chi connectivity index (χ0n) is 11.8. The minimum absolute atomic E-state index is 0.499. The average molecular weight is 234 g/mol. The van der Waals surface area contributed by atoms with E-state index in [1.54, 1.807) is 0 Å². The number of aryl methyl sites for hydroxylation is 2. The van der Waals surface area contributed by atoms with Crippen molar-refractivity contribution in [3.05, 3.63) is 34.9 Å². The molecule has 1 unspecified atom stereocenters. The molecule has 0 aliphatic rings. The molecule has 1 aromatic carbocycles. The van der Waals surface area contributed by atoms with Crippen molar-refractivity contribution >= 4 is 0 Å². The Bertz CT molecular complexity index is 345. The van der Waals surface area contributed by atoms with Crippen LogP contribution in [0, 0.1) is 13.8 Å². The van der Waals surface area contributed by atoms with E-state index >= 15 is 0 Å². The van der Waals surface area contributed by atoms with Gasteiger partial charge in [0, 0.05) is 25.2 Å². The minimum atomic E-state index is 0.499. The number of hydrogen-bond acceptors (Lipinski definition) is 2. The predicted molar refractivity (Wildman–Crippen MR) is 75.4 cm³/mol. The van der Waals surface area contributed by atoms with E-state index in [2.05, 4.69) is 63.5 Å². The second-order valence-corrected chi connectivity index (χ2v) is 5.26. The first-order chi connectivity index (χ1) is 7.99. The second-order valence-electron chi connectivity index (χ2n) is 5.26. The standard InChI is InChI=1S/C15H26N2/c1-11(2)16-9-14(5)17-10-15-7-6-12(3)13(4)8-15/h6-8,11,14,16-17H,9-10H2,1-5H3. The molecule has 0 amide bonds. The van der Waals surface area contributed by atoms with Gasteiger partial charge in [0.1, 0.15) is 0 Å². The highest BCUT2D eigenvalue weighted by Gasteiger charge is 2.02. The summed E-state index contributed by atoms with van der Waals surface area (Å²) in [5.74, 6) is 0. The van der Waals surface area contributed by atoms with Crippen molar-refractivity contribution in [3.63, 3.8) is 0 Å². The zero-order valence-corrected chi connectivity index (χ0v) is 11.8. The van der Waals surface area contributed by atoms with Crippen LogP contribution < -0.4 is 10.6 Å². The zero-order chi connectivity index (χ0) is 12.8. The van der Waals surface area contributed by atoms with Gasteiger partial charge in [-0.2, -0.15) is 0 Å². The van der Waals surface area contributed by atoms with Crippen molar-refractivity contribution in [2.75, 3.05) is 6.54 Å². The summed E-state index contributed by atoms with van der Waals surface area (Å²) < 4.78 is 0. The Balaban J connectivity index is 2.36. The van der Waals surface area contributed by atoms with Crippen molar-refractivity contribution in [1.29, 1.82) is 0 Å². The number of hydrogen-bond donors (Lipinski definition) is 2. The van der Waals surface area contributed by atoms with Crippen molar-refractivity contribution in [3.8, 4) is 0 Å². The number of nitrogens with one attached hydrogen (secondary N) is 2. The van der Waals surface area contributed by atoms with Crippen LogP contribution in [-0.2, 0) is 6.54 Å². The van der Waals surface area contributed by atoms with E-state index in [0.29, 0.717) is 12.1 Å². The maximum Gasteiger partial charge on any atom is 0.0208 e. The SMILES string of the molecule is Cc1ccc(CNC(C)CNC(C)C)cc1C. The molecule has 0 aliphatic carbocycles.